The van der Waals surface area contributed by atoms with Gasteiger partial charge < -0.3 is 5.32 Å². The van der Waals surface area contributed by atoms with Gasteiger partial charge in [-0.1, -0.05) is 6.07 Å². The molecule has 1 N–H and O–H groups in total. The first kappa shape index (κ1) is 13.8. The minimum Gasteiger partial charge on any atom is -0.378 e. The van der Waals surface area contributed by atoms with Crippen LogP contribution in [0.25, 0.3) is 0 Å². The van der Waals surface area contributed by atoms with Crippen LogP contribution in [0.2, 0.25) is 0 Å². The number of nitrogens with zero attached hydrogens (tertiary/aromatic N) is 1. The van der Waals surface area contributed by atoms with Gasteiger partial charge in [-0.15, -0.1) is 0 Å². The van der Waals surface area contributed by atoms with E-state index >= 15 is 0 Å². The fourth-order valence-electron chi connectivity index (χ4n) is 1.08. The molecular formula is C10H7BrF4N2. The van der Waals surface area contributed by atoms with Crippen LogP contribution < -0.4 is 5.32 Å². The molecule has 0 aliphatic heterocycles. The molecule has 0 aliphatic rings. The molecule has 0 aromatic heterocycles. The first-order chi connectivity index (χ1) is 7.88. The molecule has 0 amide bonds. The van der Waals surface area contributed by atoms with Gasteiger partial charge in [0.05, 0.1) is 17.8 Å². The predicted molar refractivity (Wildman–Crippen MR) is 58.3 cm³/mol. The Morgan fingerprint density at radius 2 is 2.06 bits per heavy atom. The molecule has 7 heteroatoms. The Morgan fingerprint density at radius 1 is 1.41 bits per heavy atom. The molecule has 92 valence electrons. The highest BCUT2D eigenvalue weighted by Gasteiger charge is 2.40. The maximum atomic E-state index is 12.7. The average Bonchev–Trinajstić information content (AvgIpc) is 2.26. The van der Waals surface area contributed by atoms with Gasteiger partial charge in [0.2, 0.25) is 0 Å². The van der Waals surface area contributed by atoms with E-state index in [9.17, 15) is 17.6 Å². The summed E-state index contributed by atoms with van der Waals surface area (Å²) in [6.45, 7) is -1.23. The number of hydrogen-bond acceptors (Lipinski definition) is 2. The molecule has 1 aromatic rings. The van der Waals surface area contributed by atoms with Gasteiger partial charge in [0.1, 0.15) is 6.07 Å². The zero-order chi connectivity index (χ0) is 13.1. The molecule has 0 saturated heterocycles. The lowest BCUT2D eigenvalue weighted by molar-refractivity contribution is -0.117. The van der Waals surface area contributed by atoms with E-state index in [1.807, 2.05) is 0 Å². The van der Waals surface area contributed by atoms with Crippen molar-refractivity contribution in [3.8, 4) is 6.07 Å². The topological polar surface area (TPSA) is 35.8 Å². The summed E-state index contributed by atoms with van der Waals surface area (Å²) in [5, 5.41) is 10.9. The van der Waals surface area contributed by atoms with E-state index in [1.165, 1.54) is 12.1 Å². The molecule has 0 unspecified atom stereocenters. The summed E-state index contributed by atoms with van der Waals surface area (Å²) >= 11 is 3.06. The molecule has 0 saturated carbocycles. The Morgan fingerprint density at radius 3 is 2.59 bits per heavy atom. The molecule has 0 radical (unpaired) electrons. The standard InChI is InChI=1S/C10H7BrF4N2/c11-7-2-1-3-8(6(7)4-16)17-5-10(14,15)9(12)13/h1-3,9,17H,5H2. The van der Waals surface area contributed by atoms with E-state index in [0.29, 0.717) is 4.47 Å². The first-order valence-electron chi connectivity index (χ1n) is 4.47. The summed E-state index contributed by atoms with van der Waals surface area (Å²) < 4.78 is 49.6. The highest BCUT2D eigenvalue weighted by Crippen LogP contribution is 2.27. The van der Waals surface area contributed by atoms with Crippen molar-refractivity contribution in [2.24, 2.45) is 0 Å². The van der Waals surface area contributed by atoms with Crippen LogP contribution in [0.15, 0.2) is 22.7 Å². The summed E-state index contributed by atoms with van der Waals surface area (Å²) in [6, 6.07) is 6.21. The Balaban J connectivity index is 2.84. The van der Waals surface area contributed by atoms with Gasteiger partial charge in [-0.3, -0.25) is 0 Å². The smallest absolute Gasteiger partial charge is 0.324 e. The molecule has 0 fully saturated rings. The second-order valence-corrected chi connectivity index (χ2v) is 4.04. The van der Waals surface area contributed by atoms with Crippen molar-refractivity contribution in [3.05, 3.63) is 28.2 Å². The number of benzene rings is 1. The van der Waals surface area contributed by atoms with Crippen molar-refractivity contribution >= 4 is 21.6 Å². The molecule has 0 aliphatic carbocycles. The Kier molecular flexibility index (Phi) is 4.34. The first-order valence-corrected chi connectivity index (χ1v) is 5.26. The molecule has 1 rings (SSSR count). The quantitative estimate of drug-likeness (QED) is 0.862. The summed E-state index contributed by atoms with van der Waals surface area (Å²) in [5.41, 5.74) is 0.180. The van der Waals surface area contributed by atoms with Gasteiger partial charge in [0, 0.05) is 4.47 Å². The molecule has 0 bridgehead atoms. The summed E-state index contributed by atoms with van der Waals surface area (Å²) in [4.78, 5) is 0. The highest BCUT2D eigenvalue weighted by atomic mass is 79.9. The van der Waals surface area contributed by atoms with Gasteiger partial charge in [-0.2, -0.15) is 14.0 Å². The van der Waals surface area contributed by atoms with Gasteiger partial charge in [-0.25, -0.2) is 8.78 Å². The molecule has 0 heterocycles. The van der Waals surface area contributed by atoms with E-state index in [0.717, 1.165) is 0 Å². The van der Waals surface area contributed by atoms with E-state index in [1.54, 1.807) is 12.1 Å². The maximum Gasteiger partial charge on any atom is 0.324 e. The van der Waals surface area contributed by atoms with Crippen molar-refractivity contribution in [2.75, 3.05) is 11.9 Å². The van der Waals surface area contributed by atoms with Crippen LogP contribution >= 0.6 is 15.9 Å². The summed E-state index contributed by atoms with van der Waals surface area (Å²) in [7, 11) is 0. The second-order valence-electron chi connectivity index (χ2n) is 3.19. The summed E-state index contributed by atoms with van der Waals surface area (Å²) in [6.07, 6.45) is -3.74. The number of rotatable bonds is 4. The third-order valence-corrected chi connectivity index (χ3v) is 2.62. The summed E-state index contributed by atoms with van der Waals surface area (Å²) in [5.74, 6) is -4.13. The van der Waals surface area contributed by atoms with Crippen molar-refractivity contribution in [1.29, 1.82) is 5.26 Å². The highest BCUT2D eigenvalue weighted by molar-refractivity contribution is 9.10. The Hall–Kier alpha value is -1.29. The van der Waals surface area contributed by atoms with Crippen LogP contribution in [0, 0.1) is 11.3 Å². The Bertz CT molecular complexity index is 442. The minimum absolute atomic E-state index is 0.0854. The minimum atomic E-state index is -4.13. The third-order valence-electron chi connectivity index (χ3n) is 1.96. The molecular weight excluding hydrogens is 304 g/mol. The normalized spacial score (nSPS) is 11.4. The molecule has 1 aromatic carbocycles. The maximum absolute atomic E-state index is 12.7. The molecule has 2 nitrogen and oxygen atoms in total. The van der Waals surface area contributed by atoms with Crippen LogP contribution in [0.4, 0.5) is 23.2 Å². The number of nitrogens with one attached hydrogen (secondary N) is 1. The number of alkyl halides is 4. The van der Waals surface area contributed by atoms with Crippen LogP contribution in [0.3, 0.4) is 0 Å². The van der Waals surface area contributed by atoms with E-state index in [4.69, 9.17) is 5.26 Å². The van der Waals surface area contributed by atoms with Crippen LogP contribution in [-0.2, 0) is 0 Å². The van der Waals surface area contributed by atoms with Gasteiger partial charge in [0.15, 0.2) is 0 Å². The Labute approximate surface area is 103 Å². The van der Waals surface area contributed by atoms with Crippen LogP contribution in [-0.4, -0.2) is 18.9 Å². The predicted octanol–water partition coefficient (Wildman–Crippen LogP) is 3.63. The zero-order valence-electron chi connectivity index (χ0n) is 8.35. The fraction of sp³-hybridized carbons (Fsp3) is 0.300. The van der Waals surface area contributed by atoms with Crippen molar-refractivity contribution < 1.29 is 17.6 Å². The van der Waals surface area contributed by atoms with Gasteiger partial charge in [-0.05, 0) is 28.1 Å². The van der Waals surface area contributed by atoms with Crippen molar-refractivity contribution in [2.45, 2.75) is 12.3 Å². The average molecular weight is 311 g/mol. The van der Waals surface area contributed by atoms with Gasteiger partial charge >= 0.3 is 12.3 Å². The van der Waals surface area contributed by atoms with E-state index in [-0.39, 0.29) is 11.3 Å². The van der Waals surface area contributed by atoms with E-state index < -0.39 is 18.9 Å². The number of anilines is 1. The molecule has 17 heavy (non-hydrogen) atoms. The SMILES string of the molecule is N#Cc1c(Br)cccc1NCC(F)(F)C(F)F. The number of nitriles is 1. The lowest BCUT2D eigenvalue weighted by Gasteiger charge is -2.17. The van der Waals surface area contributed by atoms with Crippen molar-refractivity contribution in [3.63, 3.8) is 0 Å². The molecule has 0 spiro atoms. The van der Waals surface area contributed by atoms with Crippen LogP contribution in [0.5, 0.6) is 0 Å². The van der Waals surface area contributed by atoms with E-state index in [2.05, 4.69) is 21.2 Å². The zero-order valence-corrected chi connectivity index (χ0v) is 9.94. The monoisotopic (exact) mass is 310 g/mol. The largest absolute Gasteiger partial charge is 0.378 e. The molecule has 0 atom stereocenters. The number of hydrogen-bond donors (Lipinski definition) is 1. The fourth-order valence-corrected chi connectivity index (χ4v) is 1.53. The lowest BCUT2D eigenvalue weighted by Crippen LogP contribution is -2.35. The third kappa shape index (κ3) is 3.33. The van der Waals surface area contributed by atoms with Crippen molar-refractivity contribution in [1.82, 2.24) is 0 Å². The van der Waals surface area contributed by atoms with Gasteiger partial charge in [0.25, 0.3) is 0 Å². The second kappa shape index (κ2) is 5.36. The number of halogens is 5. The van der Waals surface area contributed by atoms with Crippen LogP contribution in [0.1, 0.15) is 5.56 Å². The lowest BCUT2D eigenvalue weighted by atomic mass is 10.2.